The lowest BCUT2D eigenvalue weighted by atomic mass is 10.0. The quantitative estimate of drug-likeness (QED) is 0.881. The molecular weight excluding hydrogens is 331 g/mol. The Morgan fingerprint density at radius 1 is 1.24 bits per heavy atom. The average molecular weight is 351 g/mol. The third-order valence-electron chi connectivity index (χ3n) is 3.76. The minimum Gasteiger partial charge on any atom is -0.329 e. The van der Waals surface area contributed by atoms with Gasteiger partial charge in [-0.3, -0.25) is 4.90 Å². The molecule has 21 heavy (non-hydrogen) atoms. The van der Waals surface area contributed by atoms with Gasteiger partial charge in [0.25, 0.3) is 0 Å². The van der Waals surface area contributed by atoms with Crippen molar-refractivity contribution in [1.82, 2.24) is 4.90 Å². The number of aryl methyl sites for hydroxylation is 1. The number of halogens is 2. The number of nitrogens with two attached hydrogens (primary N) is 1. The second-order valence-electron chi connectivity index (χ2n) is 5.26. The summed E-state index contributed by atoms with van der Waals surface area (Å²) < 4.78 is 14.9. The first-order chi connectivity index (χ1) is 10.0. The summed E-state index contributed by atoms with van der Waals surface area (Å²) in [4.78, 5) is 2.09. The van der Waals surface area contributed by atoms with Crippen LogP contribution >= 0.6 is 15.9 Å². The molecule has 2 aromatic carbocycles. The van der Waals surface area contributed by atoms with Gasteiger partial charge in [0.05, 0.1) is 0 Å². The highest BCUT2D eigenvalue weighted by Gasteiger charge is 2.19. The van der Waals surface area contributed by atoms with Crippen LogP contribution < -0.4 is 5.73 Å². The summed E-state index contributed by atoms with van der Waals surface area (Å²) in [6.07, 6.45) is 0. The highest BCUT2D eigenvalue weighted by atomic mass is 79.9. The van der Waals surface area contributed by atoms with Crippen LogP contribution in [-0.4, -0.2) is 18.5 Å². The molecule has 0 aliphatic carbocycles. The van der Waals surface area contributed by atoms with E-state index < -0.39 is 0 Å². The minimum absolute atomic E-state index is 0.141. The first-order valence-electron chi connectivity index (χ1n) is 6.92. The topological polar surface area (TPSA) is 29.3 Å². The van der Waals surface area contributed by atoms with E-state index in [-0.39, 0.29) is 11.9 Å². The fraction of sp³-hybridized carbons (Fsp3) is 0.294. The van der Waals surface area contributed by atoms with E-state index in [4.69, 9.17) is 5.73 Å². The maximum Gasteiger partial charge on any atom is 0.129 e. The second-order valence-corrected chi connectivity index (χ2v) is 6.17. The van der Waals surface area contributed by atoms with Crippen molar-refractivity contribution in [3.63, 3.8) is 0 Å². The monoisotopic (exact) mass is 350 g/mol. The van der Waals surface area contributed by atoms with Crippen molar-refractivity contribution >= 4 is 15.9 Å². The second kappa shape index (κ2) is 7.16. The summed E-state index contributed by atoms with van der Waals surface area (Å²) in [5, 5.41) is 0. The molecular formula is C17H20BrFN2. The number of nitrogens with zero attached hydrogens (tertiary/aromatic N) is 1. The lowest BCUT2D eigenvalue weighted by Crippen LogP contribution is -2.31. The molecule has 2 aromatic rings. The van der Waals surface area contributed by atoms with Gasteiger partial charge in [0.2, 0.25) is 0 Å². The Labute approximate surface area is 133 Å². The van der Waals surface area contributed by atoms with Gasteiger partial charge in [0, 0.05) is 29.2 Å². The van der Waals surface area contributed by atoms with E-state index in [9.17, 15) is 4.39 Å². The molecule has 1 unspecified atom stereocenters. The molecule has 0 aliphatic rings. The smallest absolute Gasteiger partial charge is 0.129 e. The van der Waals surface area contributed by atoms with Gasteiger partial charge in [-0.05, 0) is 37.2 Å². The maximum atomic E-state index is 14.2. The third-order valence-corrected chi connectivity index (χ3v) is 4.25. The van der Waals surface area contributed by atoms with Crippen molar-refractivity contribution in [2.45, 2.75) is 19.5 Å². The van der Waals surface area contributed by atoms with E-state index in [1.807, 2.05) is 25.2 Å². The molecule has 2 rings (SSSR count). The largest absolute Gasteiger partial charge is 0.329 e. The van der Waals surface area contributed by atoms with E-state index in [0.717, 1.165) is 11.0 Å². The molecule has 0 spiro atoms. The highest BCUT2D eigenvalue weighted by molar-refractivity contribution is 9.10. The summed E-state index contributed by atoms with van der Waals surface area (Å²) in [5.74, 6) is -0.226. The van der Waals surface area contributed by atoms with Crippen molar-refractivity contribution in [3.8, 4) is 0 Å². The molecule has 0 aliphatic heterocycles. The van der Waals surface area contributed by atoms with Crippen LogP contribution in [0.25, 0.3) is 0 Å². The van der Waals surface area contributed by atoms with Crippen LogP contribution in [-0.2, 0) is 6.54 Å². The Morgan fingerprint density at radius 3 is 2.57 bits per heavy atom. The Morgan fingerprint density at radius 2 is 1.95 bits per heavy atom. The lowest BCUT2D eigenvalue weighted by Gasteiger charge is -2.28. The van der Waals surface area contributed by atoms with Crippen molar-refractivity contribution < 1.29 is 4.39 Å². The molecule has 112 valence electrons. The van der Waals surface area contributed by atoms with Gasteiger partial charge in [-0.1, -0.05) is 46.3 Å². The van der Waals surface area contributed by atoms with Crippen LogP contribution in [0.15, 0.2) is 46.9 Å². The average Bonchev–Trinajstić information content (AvgIpc) is 2.44. The number of hydrogen-bond acceptors (Lipinski definition) is 2. The van der Waals surface area contributed by atoms with Crippen molar-refractivity contribution in [3.05, 3.63) is 69.4 Å². The zero-order valence-electron chi connectivity index (χ0n) is 12.3. The number of benzene rings is 2. The zero-order valence-corrected chi connectivity index (χ0v) is 13.9. The minimum atomic E-state index is -0.226. The van der Waals surface area contributed by atoms with E-state index in [2.05, 4.69) is 39.9 Å². The molecule has 0 heterocycles. The first-order valence-corrected chi connectivity index (χ1v) is 7.72. The maximum absolute atomic E-state index is 14.2. The van der Waals surface area contributed by atoms with Crippen LogP contribution in [0.5, 0.6) is 0 Å². The van der Waals surface area contributed by atoms with Crippen molar-refractivity contribution in [2.24, 2.45) is 5.73 Å². The zero-order chi connectivity index (χ0) is 15.4. The summed E-state index contributed by atoms with van der Waals surface area (Å²) in [6, 6.07) is 13.2. The first kappa shape index (κ1) is 16.1. The molecule has 0 saturated carbocycles. The molecule has 2 N–H and O–H groups in total. The molecule has 2 nitrogen and oxygen atoms in total. The molecule has 0 bridgehead atoms. The molecule has 4 heteroatoms. The van der Waals surface area contributed by atoms with Crippen LogP contribution in [0.1, 0.15) is 22.7 Å². The van der Waals surface area contributed by atoms with E-state index in [1.165, 1.54) is 17.2 Å². The summed E-state index contributed by atoms with van der Waals surface area (Å²) in [7, 11) is 1.98. The molecule has 1 atom stereocenters. The molecule has 0 amide bonds. The summed E-state index contributed by atoms with van der Waals surface area (Å²) in [5.41, 5.74) is 8.99. The fourth-order valence-corrected chi connectivity index (χ4v) is 2.82. The van der Waals surface area contributed by atoms with E-state index in [0.29, 0.717) is 12.1 Å². The van der Waals surface area contributed by atoms with Crippen molar-refractivity contribution in [2.75, 3.05) is 13.6 Å². The molecule has 0 fully saturated rings. The van der Waals surface area contributed by atoms with Gasteiger partial charge < -0.3 is 5.73 Å². The highest BCUT2D eigenvalue weighted by Crippen LogP contribution is 2.26. The predicted octanol–water partition coefficient (Wildman–Crippen LogP) is 4.03. The Balaban J connectivity index is 2.22. The van der Waals surface area contributed by atoms with Crippen LogP contribution in [0.3, 0.4) is 0 Å². The Bertz CT molecular complexity index is 615. The van der Waals surface area contributed by atoms with Gasteiger partial charge in [-0.15, -0.1) is 0 Å². The van der Waals surface area contributed by atoms with Crippen LogP contribution in [0, 0.1) is 12.7 Å². The molecule has 0 saturated heterocycles. The lowest BCUT2D eigenvalue weighted by molar-refractivity contribution is 0.236. The number of hydrogen-bond donors (Lipinski definition) is 1. The van der Waals surface area contributed by atoms with Crippen LogP contribution in [0.4, 0.5) is 4.39 Å². The fourth-order valence-electron chi connectivity index (χ4n) is 2.48. The van der Waals surface area contributed by atoms with Gasteiger partial charge in [0.1, 0.15) is 5.82 Å². The number of rotatable bonds is 5. The predicted molar refractivity (Wildman–Crippen MR) is 88.5 cm³/mol. The van der Waals surface area contributed by atoms with Gasteiger partial charge in [0.15, 0.2) is 0 Å². The molecule has 0 radical (unpaired) electrons. The standard InChI is InChI=1S/C17H20BrFN2/c1-12-5-3-4-6-13(12)11-21(2)17(10-20)15-8-7-14(18)9-16(15)19/h3-9,17H,10-11,20H2,1-2H3. The van der Waals surface area contributed by atoms with Gasteiger partial charge in [-0.2, -0.15) is 0 Å². The van der Waals surface area contributed by atoms with Gasteiger partial charge in [-0.25, -0.2) is 4.39 Å². The van der Waals surface area contributed by atoms with Gasteiger partial charge >= 0.3 is 0 Å². The Hall–Kier alpha value is -1.23. The third kappa shape index (κ3) is 3.90. The normalized spacial score (nSPS) is 12.7. The molecule has 0 aromatic heterocycles. The van der Waals surface area contributed by atoms with Crippen LogP contribution in [0.2, 0.25) is 0 Å². The Kier molecular flexibility index (Phi) is 5.51. The summed E-state index contributed by atoms with van der Waals surface area (Å²) in [6.45, 7) is 3.20. The van der Waals surface area contributed by atoms with E-state index in [1.54, 1.807) is 6.07 Å². The van der Waals surface area contributed by atoms with Crippen molar-refractivity contribution in [1.29, 1.82) is 0 Å². The van der Waals surface area contributed by atoms with E-state index >= 15 is 0 Å². The number of likely N-dealkylation sites (N-methyl/N-ethyl adjacent to an activating group) is 1. The summed E-state index contributed by atoms with van der Waals surface area (Å²) >= 11 is 3.28. The SMILES string of the molecule is Cc1ccccc1CN(C)C(CN)c1ccc(Br)cc1F.